The number of ketones is 1. The summed E-state index contributed by atoms with van der Waals surface area (Å²) >= 11 is 0. The molecule has 0 N–H and O–H groups in total. The van der Waals surface area contributed by atoms with E-state index in [-0.39, 0.29) is 11.1 Å². The summed E-state index contributed by atoms with van der Waals surface area (Å²) in [6, 6.07) is 12.9. The third kappa shape index (κ3) is 5.69. The van der Waals surface area contributed by atoms with E-state index < -0.39 is 30.3 Å². The first-order valence-electron chi connectivity index (χ1n) is 11.0. The normalized spacial score (nSPS) is 10.6. The van der Waals surface area contributed by atoms with Crippen molar-refractivity contribution in [2.45, 2.75) is 20.5 Å². The third-order valence-electron chi connectivity index (χ3n) is 5.58. The summed E-state index contributed by atoms with van der Waals surface area (Å²) in [7, 11) is 4.06. The van der Waals surface area contributed by atoms with E-state index in [0.29, 0.717) is 34.8 Å². The van der Waals surface area contributed by atoms with Crippen LogP contribution in [0, 0.1) is 13.8 Å². The number of aryl methyl sites for hydroxylation is 1. The first-order chi connectivity index (χ1) is 17.2. The van der Waals surface area contributed by atoms with Crippen LogP contribution in [0.4, 0.5) is 0 Å². The summed E-state index contributed by atoms with van der Waals surface area (Å²) in [6.07, 6.45) is 0. The first-order valence-corrected chi connectivity index (χ1v) is 11.0. The molecule has 3 aromatic rings. The van der Waals surface area contributed by atoms with E-state index in [9.17, 15) is 19.2 Å². The summed E-state index contributed by atoms with van der Waals surface area (Å²) < 4.78 is 21.6. The molecule has 0 radical (unpaired) electrons. The molecule has 188 valence electrons. The maximum Gasteiger partial charge on any atom is 0.338 e. The first kappa shape index (κ1) is 26.4. The second-order valence-electron chi connectivity index (χ2n) is 8.00. The van der Waals surface area contributed by atoms with E-state index in [2.05, 4.69) is 0 Å². The van der Waals surface area contributed by atoms with Gasteiger partial charge in [-0.25, -0.2) is 14.4 Å². The molecule has 2 aromatic carbocycles. The van der Waals surface area contributed by atoms with Gasteiger partial charge in [0.1, 0.15) is 0 Å². The summed E-state index contributed by atoms with van der Waals surface area (Å²) in [6.45, 7) is 3.48. The molecule has 0 atom stereocenters. The maximum absolute atomic E-state index is 12.9. The summed E-state index contributed by atoms with van der Waals surface area (Å²) in [5, 5.41) is 0. The van der Waals surface area contributed by atoms with Crippen LogP contribution < -0.4 is 0 Å². The van der Waals surface area contributed by atoms with Gasteiger partial charge in [0.05, 0.1) is 37.5 Å². The van der Waals surface area contributed by atoms with Gasteiger partial charge in [0.2, 0.25) is 5.78 Å². The van der Waals surface area contributed by atoms with E-state index in [0.717, 1.165) is 5.56 Å². The molecule has 0 amide bonds. The molecule has 36 heavy (non-hydrogen) atoms. The molecular weight excluding hydrogens is 466 g/mol. The Morgan fingerprint density at radius 3 is 1.86 bits per heavy atom. The fraction of sp³-hybridized carbons (Fsp3) is 0.259. The standard InChI is InChI=1S/C27H27NO8/c1-16-10-23(24(29)15-36-27(32)19-8-6-18(7-9-19)14-33-3)17(2)28(16)22-12-20(25(30)34-4)11-21(13-22)26(31)35-5/h6-13H,14-15H2,1-5H3. The van der Waals surface area contributed by atoms with Crippen molar-refractivity contribution in [3.8, 4) is 5.69 Å². The Labute approximate surface area is 208 Å². The van der Waals surface area contributed by atoms with Gasteiger partial charge in [0.25, 0.3) is 0 Å². The van der Waals surface area contributed by atoms with Crippen LogP contribution in [-0.2, 0) is 25.6 Å². The van der Waals surface area contributed by atoms with Crippen molar-refractivity contribution in [2.24, 2.45) is 0 Å². The minimum Gasteiger partial charge on any atom is -0.465 e. The summed E-state index contributed by atoms with van der Waals surface area (Å²) in [5.74, 6) is -2.25. The van der Waals surface area contributed by atoms with Gasteiger partial charge >= 0.3 is 17.9 Å². The number of esters is 3. The molecule has 1 heterocycles. The predicted octanol–water partition coefficient (Wildman–Crippen LogP) is 3.85. The average Bonchev–Trinajstić information content (AvgIpc) is 3.19. The number of aromatic nitrogens is 1. The predicted molar refractivity (Wildman–Crippen MR) is 130 cm³/mol. The zero-order valence-corrected chi connectivity index (χ0v) is 20.7. The summed E-state index contributed by atoms with van der Waals surface area (Å²) in [4.78, 5) is 49.7. The van der Waals surface area contributed by atoms with Gasteiger partial charge in [-0.1, -0.05) is 12.1 Å². The van der Waals surface area contributed by atoms with Gasteiger partial charge in [0, 0.05) is 29.7 Å². The highest BCUT2D eigenvalue weighted by molar-refractivity contribution is 6.01. The number of ether oxygens (including phenoxy) is 4. The van der Waals surface area contributed by atoms with Crippen LogP contribution in [0.15, 0.2) is 48.5 Å². The second-order valence-corrected chi connectivity index (χ2v) is 8.00. The number of carbonyl (C=O) groups excluding carboxylic acids is 4. The number of methoxy groups -OCH3 is 3. The highest BCUT2D eigenvalue weighted by Crippen LogP contribution is 2.24. The molecule has 0 aliphatic rings. The number of Topliss-reactive ketones (excluding diaryl/α,β-unsaturated/α-hetero) is 1. The average molecular weight is 494 g/mol. The van der Waals surface area contributed by atoms with E-state index in [1.807, 2.05) is 0 Å². The minimum absolute atomic E-state index is 0.154. The van der Waals surface area contributed by atoms with Crippen molar-refractivity contribution in [1.29, 1.82) is 0 Å². The second kappa shape index (κ2) is 11.5. The smallest absolute Gasteiger partial charge is 0.338 e. The lowest BCUT2D eigenvalue weighted by Crippen LogP contribution is -2.15. The fourth-order valence-electron chi connectivity index (χ4n) is 3.85. The lowest BCUT2D eigenvalue weighted by atomic mass is 10.1. The number of carbonyl (C=O) groups is 4. The highest BCUT2D eigenvalue weighted by Gasteiger charge is 2.21. The van der Waals surface area contributed by atoms with Crippen molar-refractivity contribution >= 4 is 23.7 Å². The number of rotatable bonds is 9. The Kier molecular flexibility index (Phi) is 8.39. The van der Waals surface area contributed by atoms with Gasteiger partial charge in [0.15, 0.2) is 6.61 Å². The van der Waals surface area contributed by atoms with Crippen molar-refractivity contribution in [1.82, 2.24) is 4.57 Å². The van der Waals surface area contributed by atoms with Crippen molar-refractivity contribution in [3.63, 3.8) is 0 Å². The molecule has 9 nitrogen and oxygen atoms in total. The molecule has 0 spiro atoms. The molecule has 0 bridgehead atoms. The molecule has 3 rings (SSSR count). The minimum atomic E-state index is -0.622. The van der Waals surface area contributed by atoms with E-state index in [1.54, 1.807) is 68.0 Å². The SMILES string of the molecule is COCc1ccc(C(=O)OCC(=O)c2cc(C)n(-c3cc(C(=O)OC)cc(C(=O)OC)c3)c2C)cc1. The van der Waals surface area contributed by atoms with Gasteiger partial charge in [-0.2, -0.15) is 0 Å². The van der Waals surface area contributed by atoms with Crippen LogP contribution >= 0.6 is 0 Å². The Balaban J connectivity index is 1.85. The Bertz CT molecular complexity index is 1270. The molecular formula is C27H27NO8. The quantitative estimate of drug-likeness (QED) is 0.251. The highest BCUT2D eigenvalue weighted by atomic mass is 16.5. The van der Waals surface area contributed by atoms with Crippen molar-refractivity contribution < 1.29 is 38.1 Å². The fourth-order valence-corrected chi connectivity index (χ4v) is 3.85. The number of hydrogen-bond acceptors (Lipinski definition) is 8. The van der Waals surface area contributed by atoms with Crippen LogP contribution in [0.3, 0.4) is 0 Å². The van der Waals surface area contributed by atoms with Crippen molar-refractivity contribution in [3.05, 3.63) is 87.7 Å². The third-order valence-corrected chi connectivity index (χ3v) is 5.58. The zero-order chi connectivity index (χ0) is 26.4. The zero-order valence-electron chi connectivity index (χ0n) is 20.7. The largest absolute Gasteiger partial charge is 0.465 e. The van der Waals surface area contributed by atoms with Gasteiger partial charge < -0.3 is 23.5 Å². The number of hydrogen-bond donors (Lipinski definition) is 0. The molecule has 9 heteroatoms. The molecule has 0 aliphatic carbocycles. The topological polar surface area (TPSA) is 110 Å². The van der Waals surface area contributed by atoms with Gasteiger partial charge in [-0.3, -0.25) is 4.79 Å². The Hall–Kier alpha value is -4.24. The van der Waals surface area contributed by atoms with Crippen molar-refractivity contribution in [2.75, 3.05) is 27.9 Å². The van der Waals surface area contributed by atoms with Crippen LogP contribution in [0.25, 0.3) is 5.69 Å². The lowest BCUT2D eigenvalue weighted by molar-refractivity contribution is 0.0474. The van der Waals surface area contributed by atoms with Crippen LogP contribution in [0.1, 0.15) is 58.4 Å². The van der Waals surface area contributed by atoms with Crippen LogP contribution in [-0.4, -0.2) is 56.2 Å². The van der Waals surface area contributed by atoms with Gasteiger partial charge in [-0.05, 0) is 55.8 Å². The maximum atomic E-state index is 12.9. The molecule has 0 aliphatic heterocycles. The van der Waals surface area contributed by atoms with Crippen LogP contribution in [0.2, 0.25) is 0 Å². The monoisotopic (exact) mass is 493 g/mol. The molecule has 0 fully saturated rings. The molecule has 1 aromatic heterocycles. The van der Waals surface area contributed by atoms with E-state index >= 15 is 0 Å². The lowest BCUT2D eigenvalue weighted by Gasteiger charge is -2.13. The molecule has 0 saturated heterocycles. The number of nitrogens with zero attached hydrogens (tertiary/aromatic N) is 1. The number of benzene rings is 2. The molecule has 0 unspecified atom stereocenters. The Morgan fingerprint density at radius 1 is 0.750 bits per heavy atom. The van der Waals surface area contributed by atoms with E-state index in [1.165, 1.54) is 20.3 Å². The van der Waals surface area contributed by atoms with E-state index in [4.69, 9.17) is 18.9 Å². The van der Waals surface area contributed by atoms with Crippen LogP contribution in [0.5, 0.6) is 0 Å². The van der Waals surface area contributed by atoms with Gasteiger partial charge in [-0.15, -0.1) is 0 Å². The summed E-state index contributed by atoms with van der Waals surface area (Å²) in [5.41, 5.74) is 3.58. The molecule has 0 saturated carbocycles. The Morgan fingerprint density at radius 2 is 1.33 bits per heavy atom.